The molecule has 0 radical (unpaired) electrons. The Morgan fingerprint density at radius 1 is 1.11 bits per heavy atom. The van der Waals surface area contributed by atoms with Gasteiger partial charge in [-0.25, -0.2) is 0 Å². The monoisotopic (exact) mass is 258 g/mol. The summed E-state index contributed by atoms with van der Waals surface area (Å²) in [6, 6.07) is 0. The van der Waals surface area contributed by atoms with E-state index >= 15 is 0 Å². The molecule has 0 heterocycles. The summed E-state index contributed by atoms with van der Waals surface area (Å²) in [6.45, 7) is 0. The molecule has 1 aliphatic carbocycles. The summed E-state index contributed by atoms with van der Waals surface area (Å²) in [4.78, 5) is 1.19. The van der Waals surface area contributed by atoms with Crippen LogP contribution < -0.4 is 0 Å². The second-order valence-corrected chi connectivity index (χ2v) is 10.8. The average Bonchev–Trinajstić information content (AvgIpc) is 1.91. The SMILES string of the molecule is C[Se][Se]C1CCCCC1. The van der Waals surface area contributed by atoms with Gasteiger partial charge >= 0.3 is 69.0 Å². The fourth-order valence-electron chi connectivity index (χ4n) is 1.30. The van der Waals surface area contributed by atoms with E-state index in [-0.39, 0.29) is 0 Å². The Labute approximate surface area is 69.0 Å². The molecule has 0 aromatic heterocycles. The Bertz CT molecular complexity index is 64.6. The van der Waals surface area contributed by atoms with Gasteiger partial charge in [-0.15, -0.1) is 0 Å². The first-order valence-electron chi connectivity index (χ1n) is 3.63. The Hall–Kier alpha value is 1.04. The molecular formula is C7H14Se2. The molecule has 9 heavy (non-hydrogen) atoms. The minimum atomic E-state index is 0.995. The van der Waals surface area contributed by atoms with Crippen molar-refractivity contribution in [2.75, 3.05) is 0 Å². The molecule has 0 saturated heterocycles. The summed E-state index contributed by atoms with van der Waals surface area (Å²) < 4.78 is 0. The fraction of sp³-hybridized carbons (Fsp3) is 1.00. The van der Waals surface area contributed by atoms with Gasteiger partial charge in [0.05, 0.1) is 0 Å². The molecule has 0 unspecified atom stereocenters. The third-order valence-corrected chi connectivity index (χ3v) is 8.81. The van der Waals surface area contributed by atoms with E-state index in [2.05, 4.69) is 5.82 Å². The van der Waals surface area contributed by atoms with Gasteiger partial charge in [-0.3, -0.25) is 0 Å². The van der Waals surface area contributed by atoms with E-state index in [0.717, 1.165) is 26.3 Å². The van der Waals surface area contributed by atoms with Crippen molar-refractivity contribution in [2.45, 2.75) is 42.7 Å². The van der Waals surface area contributed by atoms with Gasteiger partial charge in [0.25, 0.3) is 0 Å². The van der Waals surface area contributed by atoms with Gasteiger partial charge in [0.2, 0.25) is 0 Å². The van der Waals surface area contributed by atoms with Gasteiger partial charge in [-0.05, 0) is 0 Å². The van der Waals surface area contributed by atoms with Crippen LogP contribution in [0, 0.1) is 0 Å². The second-order valence-electron chi connectivity index (χ2n) is 2.52. The summed E-state index contributed by atoms with van der Waals surface area (Å²) in [6.07, 6.45) is 7.71. The summed E-state index contributed by atoms with van der Waals surface area (Å²) in [7, 11) is 0. The van der Waals surface area contributed by atoms with E-state index in [1.54, 1.807) is 12.8 Å². The van der Waals surface area contributed by atoms with Gasteiger partial charge in [0.1, 0.15) is 0 Å². The number of hydrogen-bond donors (Lipinski definition) is 0. The van der Waals surface area contributed by atoms with E-state index in [1.807, 2.05) is 0 Å². The Morgan fingerprint density at radius 3 is 2.33 bits per heavy atom. The third kappa shape index (κ3) is 3.09. The molecule has 1 rings (SSSR count). The van der Waals surface area contributed by atoms with Gasteiger partial charge in [0, 0.05) is 0 Å². The van der Waals surface area contributed by atoms with Crippen LogP contribution in [0.3, 0.4) is 0 Å². The van der Waals surface area contributed by atoms with Crippen LogP contribution in [0.4, 0.5) is 0 Å². The van der Waals surface area contributed by atoms with Crippen LogP contribution in [-0.2, 0) is 0 Å². The van der Waals surface area contributed by atoms with Crippen LogP contribution in [-0.4, -0.2) is 26.3 Å². The summed E-state index contributed by atoms with van der Waals surface area (Å²) in [5.41, 5.74) is 0. The van der Waals surface area contributed by atoms with Crippen molar-refractivity contribution in [1.29, 1.82) is 0 Å². The van der Waals surface area contributed by atoms with Crippen molar-refractivity contribution in [1.82, 2.24) is 0 Å². The van der Waals surface area contributed by atoms with E-state index in [4.69, 9.17) is 0 Å². The van der Waals surface area contributed by atoms with Crippen molar-refractivity contribution in [3.8, 4) is 0 Å². The van der Waals surface area contributed by atoms with Crippen molar-refractivity contribution in [2.24, 2.45) is 0 Å². The standard InChI is InChI=1S/C7H14Se2/c1-8-9-7-5-3-2-4-6-7/h7H,2-6H2,1H3. The first-order valence-corrected chi connectivity index (χ1v) is 10.7. The molecule has 1 fully saturated rings. The molecule has 0 atom stereocenters. The average molecular weight is 256 g/mol. The Balaban J connectivity index is 2.08. The van der Waals surface area contributed by atoms with Gasteiger partial charge < -0.3 is 0 Å². The zero-order valence-corrected chi connectivity index (χ0v) is 9.36. The van der Waals surface area contributed by atoms with Gasteiger partial charge in [0.15, 0.2) is 0 Å². The molecule has 0 amide bonds. The number of rotatable bonds is 2. The summed E-state index contributed by atoms with van der Waals surface area (Å²) in [5, 5.41) is 0. The van der Waals surface area contributed by atoms with Crippen molar-refractivity contribution in [3.63, 3.8) is 0 Å². The molecule has 0 N–H and O–H groups in total. The van der Waals surface area contributed by atoms with E-state index in [0.29, 0.717) is 0 Å². The molecule has 2 heteroatoms. The Kier molecular flexibility index (Phi) is 4.33. The predicted octanol–water partition coefficient (Wildman–Crippen LogP) is 2.11. The maximum absolute atomic E-state index is 2.39. The summed E-state index contributed by atoms with van der Waals surface area (Å²) in [5.74, 6) is 2.39. The first kappa shape index (κ1) is 8.14. The van der Waals surface area contributed by atoms with Crippen molar-refractivity contribution >= 4 is 26.3 Å². The van der Waals surface area contributed by atoms with Gasteiger partial charge in [-0.1, -0.05) is 0 Å². The van der Waals surface area contributed by atoms with Crippen molar-refractivity contribution < 1.29 is 0 Å². The zero-order valence-electron chi connectivity index (χ0n) is 5.93. The molecule has 0 nitrogen and oxygen atoms in total. The summed E-state index contributed by atoms with van der Waals surface area (Å²) >= 11 is 2.04. The molecule has 0 bridgehead atoms. The molecule has 0 aliphatic heterocycles. The molecule has 1 aliphatic rings. The topological polar surface area (TPSA) is 0 Å². The predicted molar refractivity (Wildman–Crippen MR) is 44.2 cm³/mol. The quantitative estimate of drug-likeness (QED) is 0.664. The fourth-order valence-corrected chi connectivity index (χ4v) is 8.04. The van der Waals surface area contributed by atoms with Crippen molar-refractivity contribution in [3.05, 3.63) is 0 Å². The van der Waals surface area contributed by atoms with Crippen LogP contribution in [0.2, 0.25) is 10.6 Å². The zero-order chi connectivity index (χ0) is 6.53. The van der Waals surface area contributed by atoms with E-state index < -0.39 is 0 Å². The molecular weight excluding hydrogens is 242 g/mol. The molecule has 0 aromatic carbocycles. The second kappa shape index (κ2) is 4.79. The third-order valence-electron chi connectivity index (χ3n) is 1.78. The van der Waals surface area contributed by atoms with Crippen LogP contribution >= 0.6 is 0 Å². The van der Waals surface area contributed by atoms with Crippen LogP contribution in [0.15, 0.2) is 0 Å². The van der Waals surface area contributed by atoms with Gasteiger partial charge in [-0.2, -0.15) is 0 Å². The maximum atomic E-state index is 2.39. The van der Waals surface area contributed by atoms with E-state index in [9.17, 15) is 0 Å². The molecule has 54 valence electrons. The normalized spacial score (nSPS) is 22.3. The minimum absolute atomic E-state index is 0.995. The van der Waals surface area contributed by atoms with Crippen LogP contribution in [0.25, 0.3) is 0 Å². The first-order chi connectivity index (χ1) is 4.43. The molecule has 0 aromatic rings. The molecule has 1 saturated carbocycles. The number of hydrogen-bond acceptors (Lipinski definition) is 0. The van der Waals surface area contributed by atoms with E-state index in [1.165, 1.54) is 24.1 Å². The van der Waals surface area contributed by atoms with Crippen LogP contribution in [0.1, 0.15) is 32.1 Å². The molecule has 0 spiro atoms. The Morgan fingerprint density at radius 2 is 1.78 bits per heavy atom. The van der Waals surface area contributed by atoms with Crippen LogP contribution in [0.5, 0.6) is 0 Å².